The van der Waals surface area contributed by atoms with Gasteiger partial charge in [-0.1, -0.05) is 40.9 Å². The van der Waals surface area contributed by atoms with Crippen LogP contribution in [-0.2, 0) is 10.6 Å². The zero-order valence-electron chi connectivity index (χ0n) is 13.8. The summed E-state index contributed by atoms with van der Waals surface area (Å²) in [5.41, 5.74) is 6.49. The number of hydrogen-bond donors (Lipinski definition) is 1. The van der Waals surface area contributed by atoms with E-state index in [1.54, 1.807) is 6.07 Å². The summed E-state index contributed by atoms with van der Waals surface area (Å²) in [5, 5.41) is 2.70. The number of amides is 1. The van der Waals surface area contributed by atoms with E-state index in [9.17, 15) is 4.79 Å². The Bertz CT molecular complexity index is 590. The van der Waals surface area contributed by atoms with Gasteiger partial charge in [0, 0.05) is 17.1 Å². The van der Waals surface area contributed by atoms with Gasteiger partial charge in [0.25, 0.3) is 0 Å². The molecule has 1 amide bonds. The molecule has 1 aromatic carbocycles. The number of nitrogens with one attached hydrogen (secondary N) is 1. The zero-order valence-corrected chi connectivity index (χ0v) is 15.3. The lowest BCUT2D eigenvalue weighted by Crippen LogP contribution is -2.16. The van der Waals surface area contributed by atoms with E-state index in [2.05, 4.69) is 26.1 Å². The normalized spacial score (nSPS) is 11.1. The van der Waals surface area contributed by atoms with Crippen LogP contribution in [0.15, 0.2) is 46.5 Å². The van der Waals surface area contributed by atoms with Crippen LogP contribution in [-0.4, -0.2) is 12.7 Å². The minimum Gasteiger partial charge on any atom is -0.445 e. The van der Waals surface area contributed by atoms with Crippen LogP contribution in [0.5, 0.6) is 0 Å². The lowest BCUT2D eigenvalue weighted by molar-refractivity contribution is 0.170. The molecule has 0 radical (unpaired) electrons. The molecule has 0 spiro atoms. The third-order valence-electron chi connectivity index (χ3n) is 3.62. The molecule has 5 heteroatoms. The van der Waals surface area contributed by atoms with Crippen molar-refractivity contribution in [2.24, 2.45) is 0 Å². The van der Waals surface area contributed by atoms with Crippen molar-refractivity contribution < 1.29 is 9.53 Å². The fourth-order valence-corrected chi connectivity index (χ4v) is 2.22. The van der Waals surface area contributed by atoms with Crippen molar-refractivity contribution in [2.75, 3.05) is 11.9 Å². The number of hydrogen-bond acceptors (Lipinski definition) is 2. The number of para-hydroxylation sites is 1. The Morgan fingerprint density at radius 3 is 2.52 bits per heavy atom. The maximum absolute atomic E-state index is 11.9. The highest BCUT2D eigenvalue weighted by molar-refractivity contribution is 6.25. The number of ether oxygens (including phenoxy) is 1. The lowest BCUT2D eigenvalue weighted by atomic mass is 10.0. The standard InChI is InChI=1S/C18H23Cl2NO2/c1-13(2)14(3)8-9-15(10-19)12-23-18(22)21-17-7-5-4-6-16(17)11-20/h4-7,10H,8-9,11-12H2,1-3H3,(H,21,22)/b15-10-. The summed E-state index contributed by atoms with van der Waals surface area (Å²) in [6.07, 6.45) is 1.16. The first-order chi connectivity index (χ1) is 11.0. The highest BCUT2D eigenvalue weighted by Crippen LogP contribution is 2.18. The van der Waals surface area contributed by atoms with Crippen LogP contribution < -0.4 is 5.32 Å². The van der Waals surface area contributed by atoms with Gasteiger partial charge in [0.2, 0.25) is 0 Å². The fraction of sp³-hybridized carbons (Fsp3) is 0.389. The van der Waals surface area contributed by atoms with Crippen LogP contribution in [0.3, 0.4) is 0 Å². The molecule has 0 heterocycles. The molecule has 0 saturated heterocycles. The Morgan fingerprint density at radius 1 is 1.22 bits per heavy atom. The van der Waals surface area contributed by atoms with Gasteiger partial charge >= 0.3 is 6.09 Å². The predicted octanol–water partition coefficient (Wildman–Crippen LogP) is 6.23. The number of rotatable bonds is 7. The molecule has 0 fully saturated rings. The van der Waals surface area contributed by atoms with Crippen molar-refractivity contribution in [1.82, 2.24) is 0 Å². The Hall–Kier alpha value is -1.45. The molecule has 3 nitrogen and oxygen atoms in total. The molecule has 1 aromatic rings. The SMILES string of the molecule is CC(C)=C(C)CC/C(=C/Cl)COC(=O)Nc1ccccc1CCl. The van der Waals surface area contributed by atoms with Crippen molar-refractivity contribution >= 4 is 35.0 Å². The first-order valence-corrected chi connectivity index (χ1v) is 8.43. The molecule has 0 aliphatic carbocycles. The number of anilines is 1. The molecule has 0 aromatic heterocycles. The molecule has 126 valence electrons. The van der Waals surface area contributed by atoms with Crippen LogP contribution in [0.4, 0.5) is 10.5 Å². The minimum absolute atomic E-state index is 0.175. The molecule has 0 saturated carbocycles. The van der Waals surface area contributed by atoms with Gasteiger partial charge in [-0.2, -0.15) is 0 Å². The van der Waals surface area contributed by atoms with Crippen LogP contribution in [0.2, 0.25) is 0 Å². The van der Waals surface area contributed by atoms with Gasteiger partial charge in [0.1, 0.15) is 6.61 Å². The van der Waals surface area contributed by atoms with E-state index in [4.69, 9.17) is 27.9 Å². The first kappa shape index (κ1) is 19.6. The Kier molecular flexibility index (Phi) is 8.82. The largest absolute Gasteiger partial charge is 0.445 e. The van der Waals surface area contributed by atoms with E-state index >= 15 is 0 Å². The average Bonchev–Trinajstić information content (AvgIpc) is 2.55. The summed E-state index contributed by atoms with van der Waals surface area (Å²) in [6.45, 7) is 6.43. The Labute approximate surface area is 148 Å². The third kappa shape index (κ3) is 7.10. The number of benzene rings is 1. The maximum atomic E-state index is 11.9. The number of carbonyl (C=O) groups is 1. The number of halogens is 2. The molecule has 0 atom stereocenters. The first-order valence-electron chi connectivity index (χ1n) is 7.46. The quantitative estimate of drug-likeness (QED) is 0.464. The van der Waals surface area contributed by atoms with E-state index in [0.29, 0.717) is 11.6 Å². The number of alkyl halides is 1. The lowest BCUT2D eigenvalue weighted by Gasteiger charge is -2.11. The summed E-state index contributed by atoms with van der Waals surface area (Å²) >= 11 is 11.7. The van der Waals surface area contributed by atoms with Crippen LogP contribution in [0, 0.1) is 0 Å². The second-order valence-electron chi connectivity index (χ2n) is 5.54. The van der Waals surface area contributed by atoms with Crippen LogP contribution >= 0.6 is 23.2 Å². The molecule has 1 rings (SSSR count). The smallest absolute Gasteiger partial charge is 0.411 e. The van der Waals surface area contributed by atoms with Crippen molar-refractivity contribution in [3.05, 3.63) is 52.1 Å². The summed E-state index contributed by atoms with van der Waals surface area (Å²) in [5.74, 6) is 0.325. The van der Waals surface area contributed by atoms with Gasteiger partial charge in [-0.3, -0.25) is 5.32 Å². The molecule has 23 heavy (non-hydrogen) atoms. The molecule has 0 bridgehead atoms. The van der Waals surface area contributed by atoms with E-state index in [-0.39, 0.29) is 6.61 Å². The molecule has 0 unspecified atom stereocenters. The van der Waals surface area contributed by atoms with Gasteiger partial charge in [0.15, 0.2) is 0 Å². The molecule has 0 aliphatic rings. The summed E-state index contributed by atoms with van der Waals surface area (Å²) < 4.78 is 5.23. The van der Waals surface area contributed by atoms with Gasteiger partial charge in [-0.05, 0) is 50.8 Å². The summed E-state index contributed by atoms with van der Waals surface area (Å²) in [4.78, 5) is 11.9. The Morgan fingerprint density at radius 2 is 1.91 bits per heavy atom. The van der Waals surface area contributed by atoms with Crippen molar-refractivity contribution in [2.45, 2.75) is 39.5 Å². The number of carbonyl (C=O) groups excluding carboxylic acids is 1. The second kappa shape index (κ2) is 10.3. The molecular formula is C18H23Cl2NO2. The Balaban J connectivity index is 2.49. The second-order valence-corrected chi connectivity index (χ2v) is 6.03. The van der Waals surface area contributed by atoms with Gasteiger partial charge < -0.3 is 4.74 Å². The van der Waals surface area contributed by atoms with Crippen molar-refractivity contribution in [3.8, 4) is 0 Å². The highest BCUT2D eigenvalue weighted by Gasteiger charge is 2.08. The van der Waals surface area contributed by atoms with Gasteiger partial charge in [0.05, 0.1) is 0 Å². The minimum atomic E-state index is -0.516. The van der Waals surface area contributed by atoms with E-state index < -0.39 is 6.09 Å². The van der Waals surface area contributed by atoms with Crippen molar-refractivity contribution in [1.29, 1.82) is 0 Å². The monoisotopic (exact) mass is 355 g/mol. The number of allylic oxidation sites excluding steroid dienone is 2. The van der Waals surface area contributed by atoms with E-state index in [1.807, 2.05) is 18.2 Å². The van der Waals surface area contributed by atoms with Gasteiger partial charge in [-0.25, -0.2) is 4.79 Å². The van der Waals surface area contributed by atoms with E-state index in [0.717, 1.165) is 24.0 Å². The zero-order chi connectivity index (χ0) is 17.2. The summed E-state index contributed by atoms with van der Waals surface area (Å²) in [7, 11) is 0. The molecule has 0 aliphatic heterocycles. The maximum Gasteiger partial charge on any atom is 0.411 e. The topological polar surface area (TPSA) is 38.3 Å². The van der Waals surface area contributed by atoms with Gasteiger partial charge in [-0.15, -0.1) is 11.6 Å². The van der Waals surface area contributed by atoms with Crippen molar-refractivity contribution in [3.63, 3.8) is 0 Å². The third-order valence-corrected chi connectivity index (χ3v) is 4.21. The van der Waals surface area contributed by atoms with E-state index in [1.165, 1.54) is 16.7 Å². The fourth-order valence-electron chi connectivity index (χ4n) is 1.82. The van der Waals surface area contributed by atoms with Crippen LogP contribution in [0.25, 0.3) is 0 Å². The summed E-state index contributed by atoms with van der Waals surface area (Å²) in [6, 6.07) is 7.34. The van der Waals surface area contributed by atoms with Crippen LogP contribution in [0.1, 0.15) is 39.2 Å². The molecular weight excluding hydrogens is 333 g/mol. The highest BCUT2D eigenvalue weighted by atomic mass is 35.5. The predicted molar refractivity (Wildman–Crippen MR) is 98.2 cm³/mol. The molecule has 1 N–H and O–H groups in total. The average molecular weight is 356 g/mol.